The van der Waals surface area contributed by atoms with E-state index in [9.17, 15) is 9.18 Å². The molecule has 1 aliphatic rings. The van der Waals surface area contributed by atoms with Crippen molar-refractivity contribution in [2.75, 3.05) is 5.32 Å². The van der Waals surface area contributed by atoms with Gasteiger partial charge in [-0.15, -0.1) is 0 Å². The molecule has 1 aliphatic heterocycles. The molecule has 0 spiro atoms. The lowest BCUT2D eigenvalue weighted by Gasteiger charge is -2.16. The molecular formula is C10H9ClFNO. The molecule has 74 valence electrons. The Morgan fingerprint density at radius 2 is 2.07 bits per heavy atom. The molecule has 0 unspecified atom stereocenters. The van der Waals surface area contributed by atoms with E-state index in [0.29, 0.717) is 10.6 Å². The Labute approximate surface area is 86.1 Å². The molecule has 0 aliphatic carbocycles. The van der Waals surface area contributed by atoms with E-state index < -0.39 is 11.2 Å². The molecule has 1 amide bonds. The minimum absolute atomic E-state index is 0.215. The highest BCUT2D eigenvalue weighted by molar-refractivity contribution is 6.33. The van der Waals surface area contributed by atoms with Crippen molar-refractivity contribution in [3.05, 3.63) is 28.5 Å². The van der Waals surface area contributed by atoms with Gasteiger partial charge in [0.25, 0.3) is 0 Å². The van der Waals surface area contributed by atoms with Gasteiger partial charge in [-0.3, -0.25) is 4.79 Å². The van der Waals surface area contributed by atoms with Crippen molar-refractivity contribution in [3.63, 3.8) is 0 Å². The Morgan fingerprint density at radius 3 is 2.64 bits per heavy atom. The van der Waals surface area contributed by atoms with Gasteiger partial charge in [-0.25, -0.2) is 4.39 Å². The predicted octanol–water partition coefficient (Wildman–Crippen LogP) is 2.71. The smallest absolute Gasteiger partial charge is 0.234 e. The highest BCUT2D eigenvalue weighted by Crippen LogP contribution is 2.42. The number of amides is 1. The summed E-state index contributed by atoms with van der Waals surface area (Å²) in [5.74, 6) is -0.664. The van der Waals surface area contributed by atoms with Crippen LogP contribution in [0.15, 0.2) is 12.1 Å². The van der Waals surface area contributed by atoms with Crippen molar-refractivity contribution in [3.8, 4) is 0 Å². The molecule has 2 rings (SSSR count). The van der Waals surface area contributed by atoms with Crippen LogP contribution in [0.2, 0.25) is 5.02 Å². The molecule has 1 aromatic rings. The van der Waals surface area contributed by atoms with Gasteiger partial charge in [0.05, 0.1) is 11.1 Å². The van der Waals surface area contributed by atoms with Crippen LogP contribution in [0, 0.1) is 5.82 Å². The molecule has 14 heavy (non-hydrogen) atoms. The fourth-order valence-electron chi connectivity index (χ4n) is 1.67. The van der Waals surface area contributed by atoms with Crippen LogP contribution in [0.3, 0.4) is 0 Å². The first-order valence-electron chi connectivity index (χ1n) is 4.24. The van der Waals surface area contributed by atoms with Gasteiger partial charge in [0, 0.05) is 10.6 Å². The summed E-state index contributed by atoms with van der Waals surface area (Å²) >= 11 is 5.93. The molecule has 1 N–H and O–H groups in total. The van der Waals surface area contributed by atoms with Crippen LogP contribution in [-0.2, 0) is 10.2 Å². The fraction of sp³-hybridized carbons (Fsp3) is 0.300. The van der Waals surface area contributed by atoms with E-state index in [1.54, 1.807) is 13.8 Å². The van der Waals surface area contributed by atoms with Crippen molar-refractivity contribution < 1.29 is 9.18 Å². The maximum atomic E-state index is 13.3. The maximum Gasteiger partial charge on any atom is 0.234 e. The Kier molecular flexibility index (Phi) is 1.83. The van der Waals surface area contributed by atoms with Crippen LogP contribution in [0.5, 0.6) is 0 Å². The lowest BCUT2D eigenvalue weighted by atomic mass is 9.86. The van der Waals surface area contributed by atoms with Gasteiger partial charge in [0.1, 0.15) is 5.82 Å². The number of hydrogen-bond donors (Lipinski definition) is 1. The van der Waals surface area contributed by atoms with Crippen LogP contribution < -0.4 is 5.32 Å². The molecule has 1 heterocycles. The van der Waals surface area contributed by atoms with Crippen molar-refractivity contribution in [1.29, 1.82) is 0 Å². The zero-order valence-electron chi connectivity index (χ0n) is 7.82. The molecule has 0 saturated carbocycles. The normalized spacial score (nSPS) is 17.9. The number of halogens is 2. The highest BCUT2D eigenvalue weighted by atomic mass is 35.5. The summed E-state index contributed by atoms with van der Waals surface area (Å²) in [5.41, 5.74) is 0.00536. The van der Waals surface area contributed by atoms with Crippen molar-refractivity contribution >= 4 is 23.2 Å². The molecule has 0 aromatic heterocycles. The first-order chi connectivity index (χ1) is 6.44. The second kappa shape index (κ2) is 2.70. The largest absolute Gasteiger partial charge is 0.323 e. The minimum atomic E-state index is -0.755. The lowest BCUT2D eigenvalue weighted by molar-refractivity contribution is -0.119. The molecule has 0 bridgehead atoms. The molecule has 1 aromatic carbocycles. The number of benzene rings is 1. The van der Waals surface area contributed by atoms with E-state index in [-0.39, 0.29) is 11.6 Å². The Balaban J connectivity index is 2.76. The summed E-state index contributed by atoms with van der Waals surface area (Å²) in [6.07, 6.45) is 0. The highest BCUT2D eigenvalue weighted by Gasteiger charge is 2.41. The van der Waals surface area contributed by atoms with Crippen molar-refractivity contribution in [2.24, 2.45) is 0 Å². The van der Waals surface area contributed by atoms with Gasteiger partial charge in [-0.1, -0.05) is 11.6 Å². The molecule has 4 heteroatoms. The predicted molar refractivity (Wildman–Crippen MR) is 53.1 cm³/mol. The SMILES string of the molecule is CC1(C)C(=O)Nc2c(F)ccc(Cl)c21. The number of hydrogen-bond acceptors (Lipinski definition) is 1. The monoisotopic (exact) mass is 213 g/mol. The molecule has 0 atom stereocenters. The third kappa shape index (κ3) is 1.05. The zero-order valence-corrected chi connectivity index (χ0v) is 8.57. The molecule has 0 saturated heterocycles. The van der Waals surface area contributed by atoms with Gasteiger partial charge in [0.15, 0.2) is 0 Å². The Hall–Kier alpha value is -1.09. The average molecular weight is 214 g/mol. The zero-order chi connectivity index (χ0) is 10.5. The van der Waals surface area contributed by atoms with Crippen LogP contribution in [0.1, 0.15) is 19.4 Å². The average Bonchev–Trinajstić information content (AvgIpc) is 2.33. The third-order valence-electron chi connectivity index (χ3n) is 2.53. The topological polar surface area (TPSA) is 29.1 Å². The summed E-state index contributed by atoms with van der Waals surface area (Å²) < 4.78 is 13.3. The van der Waals surface area contributed by atoms with Gasteiger partial charge in [-0.2, -0.15) is 0 Å². The molecular weight excluding hydrogens is 205 g/mol. The summed E-state index contributed by atoms with van der Waals surface area (Å²) in [6.45, 7) is 3.44. The second-order valence-electron chi connectivity index (χ2n) is 3.86. The molecule has 0 fully saturated rings. The number of rotatable bonds is 0. The van der Waals surface area contributed by atoms with Crippen LogP contribution in [0.25, 0.3) is 0 Å². The van der Waals surface area contributed by atoms with Crippen molar-refractivity contribution in [2.45, 2.75) is 19.3 Å². The first-order valence-corrected chi connectivity index (χ1v) is 4.62. The maximum absolute atomic E-state index is 13.3. The van der Waals surface area contributed by atoms with E-state index in [2.05, 4.69) is 5.32 Å². The second-order valence-corrected chi connectivity index (χ2v) is 4.27. The summed E-state index contributed by atoms with van der Waals surface area (Å²) in [6, 6.07) is 2.72. The third-order valence-corrected chi connectivity index (χ3v) is 2.85. The first kappa shape index (κ1) is 9.46. The quantitative estimate of drug-likeness (QED) is 0.706. The number of nitrogens with one attached hydrogen (secondary N) is 1. The Morgan fingerprint density at radius 1 is 1.43 bits per heavy atom. The van der Waals surface area contributed by atoms with Crippen LogP contribution in [-0.4, -0.2) is 5.91 Å². The summed E-state index contributed by atoms with van der Waals surface area (Å²) in [7, 11) is 0. The standard InChI is InChI=1S/C10H9ClFNO/c1-10(2)7-5(11)3-4-6(12)8(7)13-9(10)14/h3-4H,1-2H3,(H,13,14). The molecule has 2 nitrogen and oxygen atoms in total. The van der Waals surface area contributed by atoms with E-state index in [1.807, 2.05) is 0 Å². The van der Waals surface area contributed by atoms with E-state index in [4.69, 9.17) is 11.6 Å². The van der Waals surface area contributed by atoms with E-state index in [1.165, 1.54) is 12.1 Å². The van der Waals surface area contributed by atoms with Crippen LogP contribution in [0.4, 0.5) is 10.1 Å². The number of anilines is 1. The number of carbonyl (C=O) groups excluding carboxylic acids is 1. The number of carbonyl (C=O) groups is 1. The minimum Gasteiger partial charge on any atom is -0.323 e. The Bertz CT molecular complexity index is 428. The number of fused-ring (bicyclic) bond motifs is 1. The van der Waals surface area contributed by atoms with Gasteiger partial charge in [-0.05, 0) is 26.0 Å². The summed E-state index contributed by atoms with van der Waals surface area (Å²) in [5, 5.41) is 2.92. The van der Waals surface area contributed by atoms with E-state index >= 15 is 0 Å². The van der Waals surface area contributed by atoms with Crippen LogP contribution >= 0.6 is 11.6 Å². The fourth-order valence-corrected chi connectivity index (χ4v) is 2.06. The lowest BCUT2D eigenvalue weighted by Crippen LogP contribution is -2.27. The van der Waals surface area contributed by atoms with E-state index in [0.717, 1.165) is 0 Å². The molecule has 0 radical (unpaired) electrons. The van der Waals surface area contributed by atoms with Gasteiger partial charge in [0.2, 0.25) is 5.91 Å². The van der Waals surface area contributed by atoms with Crippen molar-refractivity contribution in [1.82, 2.24) is 0 Å². The van der Waals surface area contributed by atoms with Gasteiger partial charge >= 0.3 is 0 Å². The van der Waals surface area contributed by atoms with Gasteiger partial charge < -0.3 is 5.32 Å². The summed E-state index contributed by atoms with van der Waals surface area (Å²) in [4.78, 5) is 11.5.